The Bertz CT molecular complexity index is 1040. The third-order valence-electron chi connectivity index (χ3n) is 4.23. The fourth-order valence-corrected chi connectivity index (χ4v) is 3.88. The molecule has 0 radical (unpaired) electrons. The fraction of sp³-hybridized carbons (Fsp3) is 0.263. The predicted octanol–water partition coefficient (Wildman–Crippen LogP) is 3.78. The second-order valence-corrected chi connectivity index (χ2v) is 8.50. The molecular formula is C19H18F3NO4S. The van der Waals surface area contributed by atoms with Crippen molar-refractivity contribution in [1.29, 1.82) is 0 Å². The number of alkyl halides is 3. The van der Waals surface area contributed by atoms with Gasteiger partial charge in [0.15, 0.2) is 0 Å². The lowest BCUT2D eigenvalue weighted by Gasteiger charge is -2.21. The Morgan fingerprint density at radius 3 is 2.32 bits per heavy atom. The Kier molecular flexibility index (Phi) is 5.26. The number of hydrogen-bond acceptors (Lipinski definition) is 4. The van der Waals surface area contributed by atoms with Gasteiger partial charge in [-0.15, -0.1) is 0 Å². The van der Waals surface area contributed by atoms with E-state index in [-0.39, 0.29) is 17.9 Å². The zero-order valence-electron chi connectivity index (χ0n) is 14.8. The van der Waals surface area contributed by atoms with Crippen LogP contribution in [0.3, 0.4) is 0 Å². The highest BCUT2D eigenvalue weighted by Crippen LogP contribution is 2.30. The van der Waals surface area contributed by atoms with E-state index in [4.69, 9.17) is 4.42 Å². The normalized spacial score (nSPS) is 14.9. The van der Waals surface area contributed by atoms with E-state index in [0.717, 1.165) is 29.7 Å². The number of hydrogen-bond donors (Lipinski definition) is 2. The Morgan fingerprint density at radius 1 is 1.07 bits per heavy atom. The molecule has 0 saturated heterocycles. The molecule has 2 aromatic carbocycles. The second-order valence-electron chi connectivity index (χ2n) is 6.70. The van der Waals surface area contributed by atoms with Gasteiger partial charge in [0.2, 0.25) is 10.0 Å². The van der Waals surface area contributed by atoms with Gasteiger partial charge >= 0.3 is 6.18 Å². The third kappa shape index (κ3) is 4.73. The van der Waals surface area contributed by atoms with Crippen LogP contribution in [0.25, 0.3) is 11.0 Å². The first kappa shape index (κ1) is 20.4. The van der Waals surface area contributed by atoms with Gasteiger partial charge in [0, 0.05) is 11.9 Å². The summed E-state index contributed by atoms with van der Waals surface area (Å²) in [5, 5.41) is 11.4. The number of aliphatic hydroxyl groups is 1. The van der Waals surface area contributed by atoms with Gasteiger partial charge in [-0.2, -0.15) is 13.2 Å². The summed E-state index contributed by atoms with van der Waals surface area (Å²) in [6.07, 6.45) is -4.49. The molecule has 0 fully saturated rings. The van der Waals surface area contributed by atoms with Crippen LogP contribution in [-0.4, -0.2) is 20.1 Å². The highest BCUT2D eigenvalue weighted by Gasteiger charge is 2.31. The van der Waals surface area contributed by atoms with Crippen LogP contribution in [0.2, 0.25) is 0 Å². The smallest absolute Gasteiger partial charge is 0.416 e. The summed E-state index contributed by atoms with van der Waals surface area (Å²) < 4.78 is 70.1. The van der Waals surface area contributed by atoms with E-state index in [1.807, 2.05) is 6.07 Å². The molecule has 28 heavy (non-hydrogen) atoms. The summed E-state index contributed by atoms with van der Waals surface area (Å²) in [5.74, 6) is -0.313. The van der Waals surface area contributed by atoms with Crippen molar-refractivity contribution in [1.82, 2.24) is 4.72 Å². The van der Waals surface area contributed by atoms with Gasteiger partial charge in [0.05, 0.1) is 11.3 Å². The summed E-state index contributed by atoms with van der Waals surface area (Å²) in [7, 11) is -3.89. The SMILES string of the molecule is CC(O)(CNS(=O)(=O)Cc1ccc(C(F)(F)F)cc1)c1cc2ccccc2o1. The number of benzene rings is 2. The van der Waals surface area contributed by atoms with Crippen molar-refractivity contribution in [3.63, 3.8) is 0 Å². The van der Waals surface area contributed by atoms with Crippen molar-refractivity contribution in [3.8, 4) is 0 Å². The van der Waals surface area contributed by atoms with Gasteiger partial charge < -0.3 is 9.52 Å². The number of fused-ring (bicyclic) bond motifs is 1. The van der Waals surface area contributed by atoms with Crippen LogP contribution in [0.1, 0.15) is 23.8 Å². The highest BCUT2D eigenvalue weighted by molar-refractivity contribution is 7.88. The standard InChI is InChI=1S/C19H18F3NO4S/c1-18(24,17-10-14-4-2-3-5-16(14)27-17)12-23-28(25,26)11-13-6-8-15(9-7-13)19(20,21)22/h2-10,23-24H,11-12H2,1H3. The molecule has 150 valence electrons. The van der Waals surface area contributed by atoms with E-state index in [1.165, 1.54) is 6.92 Å². The molecule has 1 atom stereocenters. The van der Waals surface area contributed by atoms with Gasteiger partial charge in [-0.25, -0.2) is 13.1 Å². The summed E-state index contributed by atoms with van der Waals surface area (Å²) in [6, 6.07) is 12.6. The minimum atomic E-state index is -4.49. The summed E-state index contributed by atoms with van der Waals surface area (Å²) in [5.41, 5.74) is -1.70. The minimum absolute atomic E-state index is 0.198. The number of furan rings is 1. The van der Waals surface area contributed by atoms with E-state index in [1.54, 1.807) is 24.3 Å². The molecule has 0 bridgehead atoms. The number of para-hydroxylation sites is 1. The Balaban J connectivity index is 1.68. The average molecular weight is 413 g/mol. The molecule has 3 rings (SSSR count). The van der Waals surface area contributed by atoms with Gasteiger partial charge in [-0.05, 0) is 36.8 Å². The van der Waals surface area contributed by atoms with E-state index >= 15 is 0 Å². The number of sulfonamides is 1. The molecular weight excluding hydrogens is 395 g/mol. The summed E-state index contributed by atoms with van der Waals surface area (Å²) in [4.78, 5) is 0. The Labute approximate surface area is 159 Å². The lowest BCUT2D eigenvalue weighted by Crippen LogP contribution is -2.38. The quantitative estimate of drug-likeness (QED) is 0.645. The second kappa shape index (κ2) is 7.23. The summed E-state index contributed by atoms with van der Waals surface area (Å²) in [6.45, 7) is 1.06. The molecule has 1 heterocycles. The first-order valence-corrected chi connectivity index (χ1v) is 9.96. The molecule has 0 spiro atoms. The minimum Gasteiger partial charge on any atom is -0.458 e. The number of nitrogens with one attached hydrogen (secondary N) is 1. The van der Waals surface area contributed by atoms with Crippen molar-refractivity contribution in [3.05, 3.63) is 71.5 Å². The monoisotopic (exact) mass is 413 g/mol. The molecule has 9 heteroatoms. The zero-order chi connectivity index (χ0) is 20.6. The lowest BCUT2D eigenvalue weighted by atomic mass is 10.0. The van der Waals surface area contributed by atoms with Gasteiger partial charge in [-0.1, -0.05) is 30.3 Å². The van der Waals surface area contributed by atoms with Gasteiger partial charge in [-0.3, -0.25) is 0 Å². The van der Waals surface area contributed by atoms with Crippen molar-refractivity contribution < 1.29 is 31.1 Å². The summed E-state index contributed by atoms with van der Waals surface area (Å²) >= 11 is 0. The fourth-order valence-electron chi connectivity index (χ4n) is 2.65. The van der Waals surface area contributed by atoms with Crippen molar-refractivity contribution in [2.45, 2.75) is 24.5 Å². The van der Waals surface area contributed by atoms with Crippen molar-refractivity contribution in [2.24, 2.45) is 0 Å². The van der Waals surface area contributed by atoms with E-state index in [2.05, 4.69) is 4.72 Å². The van der Waals surface area contributed by atoms with Crippen LogP contribution < -0.4 is 4.72 Å². The zero-order valence-corrected chi connectivity index (χ0v) is 15.6. The lowest BCUT2D eigenvalue weighted by molar-refractivity contribution is -0.137. The van der Waals surface area contributed by atoms with Crippen LogP contribution in [0.4, 0.5) is 13.2 Å². The van der Waals surface area contributed by atoms with Crippen LogP contribution >= 0.6 is 0 Å². The molecule has 1 unspecified atom stereocenters. The van der Waals surface area contributed by atoms with Crippen molar-refractivity contribution >= 4 is 21.0 Å². The van der Waals surface area contributed by atoms with Crippen molar-refractivity contribution in [2.75, 3.05) is 6.54 Å². The van der Waals surface area contributed by atoms with E-state index < -0.39 is 33.1 Å². The Hall–Kier alpha value is -2.36. The number of rotatable bonds is 6. The third-order valence-corrected chi connectivity index (χ3v) is 5.53. The molecule has 0 aliphatic heterocycles. The molecule has 0 saturated carbocycles. The maximum Gasteiger partial charge on any atom is 0.416 e. The van der Waals surface area contributed by atoms with Gasteiger partial charge in [0.1, 0.15) is 16.9 Å². The predicted molar refractivity (Wildman–Crippen MR) is 97.9 cm³/mol. The van der Waals surface area contributed by atoms with Crippen LogP contribution in [0.5, 0.6) is 0 Å². The van der Waals surface area contributed by atoms with Crippen LogP contribution in [0, 0.1) is 0 Å². The largest absolute Gasteiger partial charge is 0.458 e. The molecule has 0 aliphatic carbocycles. The van der Waals surface area contributed by atoms with E-state index in [9.17, 15) is 26.7 Å². The van der Waals surface area contributed by atoms with Crippen LogP contribution in [0.15, 0.2) is 59.0 Å². The molecule has 2 N–H and O–H groups in total. The molecule has 0 aliphatic rings. The molecule has 0 amide bonds. The number of halogens is 3. The maximum absolute atomic E-state index is 12.6. The molecule has 1 aromatic heterocycles. The first-order valence-electron chi connectivity index (χ1n) is 8.31. The first-order chi connectivity index (χ1) is 13.0. The maximum atomic E-state index is 12.6. The average Bonchev–Trinajstić information content (AvgIpc) is 3.05. The molecule has 5 nitrogen and oxygen atoms in total. The highest BCUT2D eigenvalue weighted by atomic mass is 32.2. The topological polar surface area (TPSA) is 79.5 Å². The van der Waals surface area contributed by atoms with Gasteiger partial charge in [0.25, 0.3) is 0 Å². The van der Waals surface area contributed by atoms with Crippen LogP contribution in [-0.2, 0) is 27.6 Å². The Morgan fingerprint density at radius 2 is 1.71 bits per heavy atom. The molecule has 3 aromatic rings. The van der Waals surface area contributed by atoms with E-state index in [0.29, 0.717) is 5.58 Å².